The number of nitriles is 1. The van der Waals surface area contributed by atoms with Gasteiger partial charge >= 0.3 is 0 Å². The third kappa shape index (κ3) is 3.18. The number of benzene rings is 2. The molecule has 0 saturated carbocycles. The van der Waals surface area contributed by atoms with E-state index in [0.29, 0.717) is 17.8 Å². The number of carbonyl (C=O) groups excluding carboxylic acids is 1. The van der Waals surface area contributed by atoms with Crippen LogP contribution in [-0.4, -0.2) is 29.7 Å². The van der Waals surface area contributed by atoms with Gasteiger partial charge in [0.1, 0.15) is 0 Å². The fourth-order valence-electron chi connectivity index (χ4n) is 4.05. The molecule has 0 aliphatic carbocycles. The first-order chi connectivity index (χ1) is 14.3. The van der Waals surface area contributed by atoms with Gasteiger partial charge in [0.15, 0.2) is 0 Å². The number of sulfonamides is 1. The Hall–Kier alpha value is -3.41. The second-order valence-corrected chi connectivity index (χ2v) is 9.09. The average molecular weight is 420 g/mol. The number of aromatic nitrogens is 1. The summed E-state index contributed by atoms with van der Waals surface area (Å²) in [6, 6.07) is 17.6. The summed E-state index contributed by atoms with van der Waals surface area (Å²) >= 11 is 0. The molecule has 2 N–H and O–H groups in total. The SMILES string of the molecule is Cc1c(C(N)=O)c2n(c1-c1ccccc1)CCN(S(=O)(=O)c1cccc(C#N)c1)C2. The topological polar surface area (TPSA) is 109 Å². The van der Waals surface area contributed by atoms with E-state index in [0.717, 1.165) is 16.8 Å². The number of hydrogen-bond acceptors (Lipinski definition) is 4. The van der Waals surface area contributed by atoms with Crippen molar-refractivity contribution in [2.45, 2.75) is 24.9 Å². The Morgan fingerprint density at radius 3 is 2.50 bits per heavy atom. The van der Waals surface area contributed by atoms with Crippen molar-refractivity contribution in [1.82, 2.24) is 8.87 Å². The number of carbonyl (C=O) groups is 1. The molecule has 30 heavy (non-hydrogen) atoms. The summed E-state index contributed by atoms with van der Waals surface area (Å²) in [5.41, 5.74) is 9.47. The van der Waals surface area contributed by atoms with Gasteiger partial charge in [0.05, 0.1) is 34.3 Å². The van der Waals surface area contributed by atoms with E-state index >= 15 is 0 Å². The number of rotatable bonds is 4. The summed E-state index contributed by atoms with van der Waals surface area (Å²) in [6.07, 6.45) is 0. The van der Waals surface area contributed by atoms with Crippen LogP contribution >= 0.6 is 0 Å². The van der Waals surface area contributed by atoms with Crippen molar-refractivity contribution < 1.29 is 13.2 Å². The number of primary amides is 1. The van der Waals surface area contributed by atoms with Gasteiger partial charge in [-0.15, -0.1) is 0 Å². The third-order valence-electron chi connectivity index (χ3n) is 5.41. The zero-order valence-electron chi connectivity index (χ0n) is 16.4. The minimum atomic E-state index is -3.83. The Kier molecular flexibility index (Phi) is 4.94. The molecule has 2 aromatic carbocycles. The molecule has 152 valence electrons. The van der Waals surface area contributed by atoms with Crippen LogP contribution in [0.25, 0.3) is 11.3 Å². The number of nitrogens with zero attached hydrogens (tertiary/aromatic N) is 3. The Morgan fingerprint density at radius 2 is 1.83 bits per heavy atom. The van der Waals surface area contributed by atoms with Crippen LogP contribution in [0.4, 0.5) is 0 Å². The van der Waals surface area contributed by atoms with Crippen LogP contribution in [0, 0.1) is 18.3 Å². The zero-order valence-corrected chi connectivity index (χ0v) is 17.2. The first-order valence-electron chi connectivity index (χ1n) is 9.42. The van der Waals surface area contributed by atoms with Gasteiger partial charge in [-0.1, -0.05) is 36.4 Å². The predicted molar refractivity (Wildman–Crippen MR) is 112 cm³/mol. The van der Waals surface area contributed by atoms with Crippen molar-refractivity contribution in [3.05, 3.63) is 77.0 Å². The number of nitrogens with two attached hydrogens (primary N) is 1. The molecule has 2 heterocycles. The Morgan fingerprint density at radius 1 is 1.10 bits per heavy atom. The lowest BCUT2D eigenvalue weighted by atomic mass is 10.0. The van der Waals surface area contributed by atoms with Gasteiger partial charge in [0.25, 0.3) is 5.91 Å². The highest BCUT2D eigenvalue weighted by Gasteiger charge is 2.34. The minimum Gasteiger partial charge on any atom is -0.366 e. The highest BCUT2D eigenvalue weighted by atomic mass is 32.2. The van der Waals surface area contributed by atoms with Crippen LogP contribution in [0.2, 0.25) is 0 Å². The standard InChI is InChI=1S/C22H20N4O3S/c1-15-20(22(24)27)19-14-25(30(28,29)18-9-5-6-16(12-18)13-23)10-11-26(19)21(15)17-7-3-2-4-8-17/h2-9,12H,10-11,14H2,1H3,(H2,24,27). The molecule has 0 spiro atoms. The van der Waals surface area contributed by atoms with E-state index in [2.05, 4.69) is 0 Å². The Balaban J connectivity index is 1.81. The molecule has 8 heteroatoms. The molecule has 1 amide bonds. The summed E-state index contributed by atoms with van der Waals surface area (Å²) in [5, 5.41) is 9.09. The van der Waals surface area contributed by atoms with E-state index in [-0.39, 0.29) is 23.5 Å². The second kappa shape index (κ2) is 7.44. The third-order valence-corrected chi connectivity index (χ3v) is 7.25. The van der Waals surface area contributed by atoms with Crippen molar-refractivity contribution in [3.63, 3.8) is 0 Å². The lowest BCUT2D eigenvalue weighted by Crippen LogP contribution is -2.39. The Labute approximate surface area is 175 Å². The predicted octanol–water partition coefficient (Wildman–Crippen LogP) is 2.64. The van der Waals surface area contributed by atoms with Gasteiger partial charge in [-0.25, -0.2) is 8.42 Å². The monoisotopic (exact) mass is 420 g/mol. The molecule has 4 rings (SSSR count). The van der Waals surface area contributed by atoms with E-state index in [1.54, 1.807) is 12.1 Å². The number of amides is 1. The molecule has 3 aromatic rings. The maximum atomic E-state index is 13.2. The van der Waals surface area contributed by atoms with Crippen LogP contribution in [-0.2, 0) is 23.1 Å². The fraction of sp³-hybridized carbons (Fsp3) is 0.182. The molecule has 0 fully saturated rings. The molecule has 0 saturated heterocycles. The van der Waals surface area contributed by atoms with Crippen molar-refractivity contribution in [1.29, 1.82) is 5.26 Å². The van der Waals surface area contributed by atoms with Crippen molar-refractivity contribution in [2.24, 2.45) is 5.73 Å². The smallest absolute Gasteiger partial charge is 0.250 e. The van der Waals surface area contributed by atoms with E-state index in [9.17, 15) is 13.2 Å². The van der Waals surface area contributed by atoms with E-state index in [1.807, 2.05) is 47.9 Å². The maximum absolute atomic E-state index is 13.2. The van der Waals surface area contributed by atoms with Crippen LogP contribution < -0.4 is 5.73 Å². The van der Waals surface area contributed by atoms with Crippen LogP contribution in [0.5, 0.6) is 0 Å². The van der Waals surface area contributed by atoms with E-state index < -0.39 is 15.9 Å². The quantitative estimate of drug-likeness (QED) is 0.700. The van der Waals surface area contributed by atoms with Crippen LogP contribution in [0.3, 0.4) is 0 Å². The van der Waals surface area contributed by atoms with Gasteiger partial charge in [-0.05, 0) is 36.2 Å². The first kappa shape index (κ1) is 19.9. The van der Waals surface area contributed by atoms with Gasteiger partial charge in [0, 0.05) is 18.8 Å². The summed E-state index contributed by atoms with van der Waals surface area (Å²) in [6.45, 7) is 2.51. The molecule has 0 bridgehead atoms. The van der Waals surface area contributed by atoms with E-state index in [1.165, 1.54) is 16.4 Å². The molecule has 0 atom stereocenters. The molecule has 1 aliphatic rings. The fourth-order valence-corrected chi connectivity index (χ4v) is 5.49. The van der Waals surface area contributed by atoms with Crippen LogP contribution in [0.1, 0.15) is 27.2 Å². The lowest BCUT2D eigenvalue weighted by molar-refractivity contribution is 0.0997. The molecular formula is C22H20N4O3S. The number of hydrogen-bond donors (Lipinski definition) is 1. The van der Waals surface area contributed by atoms with Gasteiger partial charge < -0.3 is 10.3 Å². The molecule has 1 aromatic heterocycles. The normalized spacial score (nSPS) is 14.1. The summed E-state index contributed by atoms with van der Waals surface area (Å²) in [4.78, 5) is 12.3. The zero-order chi connectivity index (χ0) is 21.5. The number of fused-ring (bicyclic) bond motifs is 1. The summed E-state index contributed by atoms with van der Waals surface area (Å²) in [7, 11) is -3.83. The molecule has 0 radical (unpaired) electrons. The molecule has 0 unspecified atom stereocenters. The molecule has 1 aliphatic heterocycles. The van der Waals surface area contributed by atoms with Crippen LogP contribution in [0.15, 0.2) is 59.5 Å². The van der Waals surface area contributed by atoms with Gasteiger partial charge in [-0.2, -0.15) is 9.57 Å². The second-order valence-electron chi connectivity index (χ2n) is 7.16. The van der Waals surface area contributed by atoms with Crippen molar-refractivity contribution in [2.75, 3.05) is 6.54 Å². The van der Waals surface area contributed by atoms with Crippen molar-refractivity contribution >= 4 is 15.9 Å². The maximum Gasteiger partial charge on any atom is 0.250 e. The largest absolute Gasteiger partial charge is 0.366 e. The first-order valence-corrected chi connectivity index (χ1v) is 10.9. The average Bonchev–Trinajstić information content (AvgIpc) is 3.05. The minimum absolute atomic E-state index is 0.0328. The molecular weight excluding hydrogens is 400 g/mol. The summed E-state index contributed by atoms with van der Waals surface area (Å²) < 4.78 is 29.7. The Bertz CT molecular complexity index is 1290. The van der Waals surface area contributed by atoms with Crippen molar-refractivity contribution in [3.8, 4) is 17.3 Å². The lowest BCUT2D eigenvalue weighted by Gasteiger charge is -2.29. The molecule has 7 nitrogen and oxygen atoms in total. The highest BCUT2D eigenvalue weighted by Crippen LogP contribution is 2.35. The summed E-state index contributed by atoms with van der Waals surface area (Å²) in [5.74, 6) is -0.579. The van der Waals surface area contributed by atoms with Gasteiger partial charge in [-0.3, -0.25) is 4.79 Å². The highest BCUT2D eigenvalue weighted by molar-refractivity contribution is 7.89. The van der Waals surface area contributed by atoms with E-state index in [4.69, 9.17) is 11.0 Å². The van der Waals surface area contributed by atoms with Gasteiger partial charge in [0.2, 0.25) is 10.0 Å².